The molecule has 0 bridgehead atoms. The van der Waals surface area contributed by atoms with Crippen molar-refractivity contribution < 1.29 is 14.1 Å². The fraction of sp³-hybridized carbons (Fsp3) is 0.211. The number of carbonyl (C=O) groups excluding carboxylic acids is 1. The quantitative estimate of drug-likeness (QED) is 0.355. The van der Waals surface area contributed by atoms with Crippen LogP contribution in [0.15, 0.2) is 47.6 Å². The van der Waals surface area contributed by atoms with E-state index in [1.165, 1.54) is 12.1 Å². The van der Waals surface area contributed by atoms with Gasteiger partial charge in [0.2, 0.25) is 5.91 Å². The Hall–Kier alpha value is -3.27. The first-order chi connectivity index (χ1) is 13.9. The van der Waals surface area contributed by atoms with Crippen molar-refractivity contribution in [1.82, 2.24) is 14.8 Å². The third-order valence-corrected chi connectivity index (χ3v) is 5.14. The number of rotatable bonds is 7. The van der Waals surface area contributed by atoms with Crippen molar-refractivity contribution in [2.45, 2.75) is 25.5 Å². The molecule has 8 nitrogen and oxygen atoms in total. The molecule has 10 heteroatoms. The van der Waals surface area contributed by atoms with Crippen LogP contribution < -0.4 is 5.32 Å². The zero-order valence-corrected chi connectivity index (χ0v) is 16.6. The van der Waals surface area contributed by atoms with Crippen molar-refractivity contribution in [1.29, 1.82) is 0 Å². The van der Waals surface area contributed by atoms with Crippen LogP contribution in [0.1, 0.15) is 12.5 Å². The molecule has 150 valence electrons. The minimum atomic E-state index is -0.492. The van der Waals surface area contributed by atoms with E-state index in [1.54, 1.807) is 41.8 Å². The minimum Gasteiger partial charge on any atom is -0.325 e. The van der Waals surface area contributed by atoms with E-state index < -0.39 is 10.7 Å². The van der Waals surface area contributed by atoms with E-state index in [1.807, 2.05) is 6.92 Å². The number of hydrogen-bond acceptors (Lipinski definition) is 6. The molecule has 1 heterocycles. The second-order valence-electron chi connectivity index (χ2n) is 6.13. The van der Waals surface area contributed by atoms with E-state index in [0.717, 1.165) is 11.8 Å². The lowest BCUT2D eigenvalue weighted by Gasteiger charge is -2.08. The lowest BCUT2D eigenvalue weighted by atomic mass is 10.2. The average molecular weight is 415 g/mol. The first-order valence-electron chi connectivity index (χ1n) is 8.76. The number of anilines is 1. The molecule has 0 aliphatic rings. The summed E-state index contributed by atoms with van der Waals surface area (Å²) in [5.74, 6) is -0.323. The van der Waals surface area contributed by atoms with Gasteiger partial charge in [-0.15, -0.1) is 10.2 Å². The summed E-state index contributed by atoms with van der Waals surface area (Å²) in [5, 5.41) is 22.3. The second kappa shape index (κ2) is 8.82. The Kier molecular flexibility index (Phi) is 6.23. The van der Waals surface area contributed by atoms with Gasteiger partial charge >= 0.3 is 0 Å². The topological polar surface area (TPSA) is 103 Å². The lowest BCUT2D eigenvalue weighted by Crippen LogP contribution is -2.15. The fourth-order valence-electron chi connectivity index (χ4n) is 2.73. The first-order valence-corrected chi connectivity index (χ1v) is 9.75. The fourth-order valence-corrected chi connectivity index (χ4v) is 3.54. The van der Waals surface area contributed by atoms with Crippen LogP contribution in [0, 0.1) is 22.9 Å². The van der Waals surface area contributed by atoms with Gasteiger partial charge in [-0.05, 0) is 32.0 Å². The van der Waals surface area contributed by atoms with Gasteiger partial charge in [-0.1, -0.05) is 30.0 Å². The minimum absolute atomic E-state index is 0.0249. The zero-order valence-electron chi connectivity index (χ0n) is 15.8. The molecule has 2 aromatic carbocycles. The number of nitrogens with zero attached hydrogens (tertiary/aromatic N) is 4. The maximum absolute atomic E-state index is 14.1. The third-order valence-electron chi connectivity index (χ3n) is 4.17. The summed E-state index contributed by atoms with van der Waals surface area (Å²) in [6.45, 7) is 4.01. The molecule has 0 radical (unpaired) electrons. The first kappa shape index (κ1) is 20.5. The largest absolute Gasteiger partial charge is 0.325 e. The van der Waals surface area contributed by atoms with Gasteiger partial charge in [-0.2, -0.15) is 0 Å². The number of aromatic nitrogens is 3. The SMILES string of the molecule is CCn1c(SCC(=O)Nc2ccc(C)c([N+](=O)[O-])c2)nnc1-c1ccccc1F. The average Bonchev–Trinajstić information content (AvgIpc) is 3.10. The summed E-state index contributed by atoms with van der Waals surface area (Å²) in [6, 6.07) is 10.8. The lowest BCUT2D eigenvalue weighted by molar-refractivity contribution is -0.385. The molecule has 3 aromatic rings. The molecule has 3 rings (SSSR count). The molecule has 0 aliphatic carbocycles. The van der Waals surface area contributed by atoms with E-state index in [0.29, 0.717) is 34.3 Å². The van der Waals surface area contributed by atoms with Gasteiger partial charge in [-0.3, -0.25) is 14.9 Å². The number of halogens is 1. The number of amides is 1. The van der Waals surface area contributed by atoms with Crippen LogP contribution in [0.25, 0.3) is 11.4 Å². The van der Waals surface area contributed by atoms with Gasteiger partial charge in [0.1, 0.15) is 5.82 Å². The summed E-state index contributed by atoms with van der Waals surface area (Å²) in [6.07, 6.45) is 0. The standard InChI is InChI=1S/C19H18FN5O3S/c1-3-24-18(14-6-4-5-7-15(14)20)22-23-19(24)29-11-17(26)21-13-9-8-12(2)16(10-13)25(27)28/h4-10H,3,11H2,1-2H3,(H,21,26). The van der Waals surface area contributed by atoms with Gasteiger partial charge < -0.3 is 9.88 Å². The molecule has 0 fully saturated rings. The molecule has 29 heavy (non-hydrogen) atoms. The van der Waals surface area contributed by atoms with E-state index in [4.69, 9.17) is 0 Å². The van der Waals surface area contributed by atoms with E-state index in [-0.39, 0.29) is 17.3 Å². The highest BCUT2D eigenvalue weighted by Gasteiger charge is 2.17. The van der Waals surface area contributed by atoms with E-state index >= 15 is 0 Å². The summed E-state index contributed by atoms with van der Waals surface area (Å²) in [7, 11) is 0. The predicted molar refractivity (Wildman–Crippen MR) is 108 cm³/mol. The van der Waals surface area contributed by atoms with Crippen molar-refractivity contribution in [3.05, 3.63) is 64.0 Å². The summed E-state index contributed by atoms with van der Waals surface area (Å²) < 4.78 is 15.8. The number of nitrogens with one attached hydrogen (secondary N) is 1. The van der Waals surface area contributed by atoms with Crippen LogP contribution in [-0.4, -0.2) is 31.3 Å². The highest BCUT2D eigenvalue weighted by molar-refractivity contribution is 7.99. The number of carbonyl (C=O) groups is 1. The molecule has 0 unspecified atom stereocenters. The van der Waals surface area contributed by atoms with Crippen molar-refractivity contribution in [3.63, 3.8) is 0 Å². The van der Waals surface area contributed by atoms with E-state index in [2.05, 4.69) is 15.5 Å². The predicted octanol–water partition coefficient (Wildman–Crippen LogP) is 4.05. The van der Waals surface area contributed by atoms with Crippen LogP contribution >= 0.6 is 11.8 Å². The van der Waals surface area contributed by atoms with Crippen LogP contribution in [-0.2, 0) is 11.3 Å². The second-order valence-corrected chi connectivity index (χ2v) is 7.07. The maximum Gasteiger partial charge on any atom is 0.274 e. The number of aryl methyl sites for hydroxylation is 1. The van der Waals surface area contributed by atoms with Crippen molar-refractivity contribution in [3.8, 4) is 11.4 Å². The van der Waals surface area contributed by atoms with Crippen molar-refractivity contribution in [2.75, 3.05) is 11.1 Å². The summed E-state index contributed by atoms with van der Waals surface area (Å²) >= 11 is 1.15. The Morgan fingerprint density at radius 2 is 2.03 bits per heavy atom. The number of thioether (sulfide) groups is 1. The van der Waals surface area contributed by atoms with Gasteiger partial charge in [0.05, 0.1) is 16.2 Å². The van der Waals surface area contributed by atoms with Crippen LogP contribution in [0.5, 0.6) is 0 Å². The molecule has 1 aromatic heterocycles. The monoisotopic (exact) mass is 415 g/mol. The summed E-state index contributed by atoms with van der Waals surface area (Å²) in [4.78, 5) is 22.8. The van der Waals surface area contributed by atoms with Gasteiger partial charge in [0.15, 0.2) is 11.0 Å². The highest BCUT2D eigenvalue weighted by Crippen LogP contribution is 2.26. The normalized spacial score (nSPS) is 10.7. The van der Waals surface area contributed by atoms with Crippen molar-refractivity contribution >= 4 is 29.0 Å². The highest BCUT2D eigenvalue weighted by atomic mass is 32.2. The van der Waals surface area contributed by atoms with E-state index in [9.17, 15) is 19.3 Å². The zero-order chi connectivity index (χ0) is 21.0. The molecular weight excluding hydrogens is 397 g/mol. The molecule has 0 spiro atoms. The Labute approximate surface area is 170 Å². The maximum atomic E-state index is 14.1. The van der Waals surface area contributed by atoms with Crippen LogP contribution in [0.2, 0.25) is 0 Å². The molecule has 0 saturated heterocycles. The molecular formula is C19H18FN5O3S. The van der Waals surface area contributed by atoms with Crippen LogP contribution in [0.3, 0.4) is 0 Å². The molecule has 0 saturated carbocycles. The Morgan fingerprint density at radius 1 is 1.28 bits per heavy atom. The molecule has 1 amide bonds. The molecule has 0 atom stereocenters. The third kappa shape index (κ3) is 4.60. The van der Waals surface area contributed by atoms with Crippen LogP contribution in [0.4, 0.5) is 15.8 Å². The van der Waals surface area contributed by atoms with Gasteiger partial charge in [0.25, 0.3) is 5.69 Å². The Morgan fingerprint density at radius 3 is 2.72 bits per heavy atom. The number of nitro benzene ring substituents is 1. The molecule has 1 N–H and O–H groups in total. The smallest absolute Gasteiger partial charge is 0.274 e. The van der Waals surface area contributed by atoms with Gasteiger partial charge in [-0.25, -0.2) is 4.39 Å². The number of hydrogen-bond donors (Lipinski definition) is 1. The summed E-state index contributed by atoms with van der Waals surface area (Å²) in [5.41, 5.74) is 1.14. The number of nitro groups is 1. The van der Waals surface area contributed by atoms with Gasteiger partial charge in [0, 0.05) is 23.9 Å². The Bertz CT molecular complexity index is 1070. The Balaban J connectivity index is 1.70. The number of benzene rings is 2. The van der Waals surface area contributed by atoms with Crippen molar-refractivity contribution in [2.24, 2.45) is 0 Å². The molecule has 0 aliphatic heterocycles.